The summed E-state index contributed by atoms with van der Waals surface area (Å²) in [5, 5.41) is 8.68. The molecule has 0 bridgehead atoms. The number of aromatic nitrogens is 2. The van der Waals surface area contributed by atoms with E-state index in [4.69, 9.17) is 14.6 Å². The van der Waals surface area contributed by atoms with Crippen LogP contribution in [0.3, 0.4) is 0 Å². The molecule has 6 nitrogen and oxygen atoms in total. The van der Waals surface area contributed by atoms with Gasteiger partial charge in [0.05, 0.1) is 31.3 Å². The Balaban J connectivity index is 1.68. The molecule has 0 atom stereocenters. The van der Waals surface area contributed by atoms with Crippen LogP contribution >= 0.6 is 0 Å². The Morgan fingerprint density at radius 1 is 1.00 bits per heavy atom. The van der Waals surface area contributed by atoms with E-state index in [2.05, 4.69) is 4.98 Å². The number of hydrogen-bond donors (Lipinski definition) is 1. The average molecular weight is 408 g/mol. The van der Waals surface area contributed by atoms with E-state index in [1.54, 1.807) is 7.11 Å². The second-order valence-electron chi connectivity index (χ2n) is 7.09. The van der Waals surface area contributed by atoms with E-state index in [1.807, 2.05) is 65.4 Å². The molecule has 0 unspecified atom stereocenters. The number of carboxylic acids is 1. The van der Waals surface area contributed by atoms with E-state index in [0.29, 0.717) is 12.6 Å². The van der Waals surface area contributed by atoms with Gasteiger partial charge in [-0.05, 0) is 37.1 Å². The Bertz CT molecular complexity index is 937. The summed E-state index contributed by atoms with van der Waals surface area (Å²) in [5.74, 6) is 0.0663. The zero-order valence-corrected chi connectivity index (χ0v) is 17.3. The number of rotatable bonds is 12. The molecule has 0 aliphatic carbocycles. The maximum Gasteiger partial charge on any atom is 0.303 e. The quantitative estimate of drug-likeness (QED) is 0.409. The van der Waals surface area contributed by atoms with Crippen molar-refractivity contribution in [3.05, 3.63) is 60.8 Å². The fourth-order valence-corrected chi connectivity index (χ4v) is 3.32. The first-order valence-electron chi connectivity index (χ1n) is 10.3. The van der Waals surface area contributed by atoms with Crippen LogP contribution in [0.4, 0.5) is 0 Å². The lowest BCUT2D eigenvalue weighted by Gasteiger charge is -2.13. The number of ether oxygens (including phenoxy) is 2. The minimum absolute atomic E-state index is 0.248. The molecule has 30 heavy (non-hydrogen) atoms. The van der Waals surface area contributed by atoms with E-state index < -0.39 is 5.97 Å². The molecule has 6 heteroatoms. The molecule has 0 spiro atoms. The van der Waals surface area contributed by atoms with Crippen molar-refractivity contribution < 1.29 is 19.4 Å². The average Bonchev–Trinajstić information content (AvgIpc) is 3.20. The third kappa shape index (κ3) is 5.86. The topological polar surface area (TPSA) is 73.6 Å². The normalized spacial score (nSPS) is 10.7. The van der Waals surface area contributed by atoms with Gasteiger partial charge in [-0.15, -0.1) is 0 Å². The highest BCUT2D eigenvalue weighted by Gasteiger charge is 2.15. The summed E-state index contributed by atoms with van der Waals surface area (Å²) in [4.78, 5) is 15.1. The van der Waals surface area contributed by atoms with Crippen molar-refractivity contribution in [1.82, 2.24) is 9.55 Å². The zero-order valence-electron chi connectivity index (χ0n) is 17.3. The van der Waals surface area contributed by atoms with Crippen LogP contribution in [-0.2, 0) is 4.79 Å². The molecule has 0 amide bonds. The van der Waals surface area contributed by atoms with Gasteiger partial charge in [-0.2, -0.15) is 0 Å². The Morgan fingerprint density at radius 3 is 2.53 bits per heavy atom. The molecule has 1 aromatic heterocycles. The fraction of sp³-hybridized carbons (Fsp3) is 0.333. The van der Waals surface area contributed by atoms with Crippen LogP contribution in [0.2, 0.25) is 0 Å². The van der Waals surface area contributed by atoms with Gasteiger partial charge in [0.2, 0.25) is 0 Å². The molecule has 0 aliphatic rings. The van der Waals surface area contributed by atoms with Gasteiger partial charge in [-0.3, -0.25) is 9.36 Å². The SMILES string of the molecule is COc1cccc(-c2cnc(OCCCCCCCC(=O)O)n2-c2ccccc2)c1. The Hall–Kier alpha value is -3.28. The summed E-state index contributed by atoms with van der Waals surface area (Å²) < 4.78 is 13.4. The number of para-hydroxylation sites is 1. The van der Waals surface area contributed by atoms with Gasteiger partial charge in [0, 0.05) is 12.0 Å². The van der Waals surface area contributed by atoms with E-state index in [-0.39, 0.29) is 6.42 Å². The number of nitrogens with zero attached hydrogens (tertiary/aromatic N) is 2. The monoisotopic (exact) mass is 408 g/mol. The predicted octanol–water partition coefficient (Wildman–Crippen LogP) is 5.35. The standard InChI is InChI=1S/C24H28N2O4/c1-29-21-14-10-11-19(17-21)22-18-25-24(26(22)20-12-6-5-7-13-20)30-16-9-4-2-3-8-15-23(27)28/h5-7,10-14,17-18H,2-4,8-9,15-16H2,1H3,(H,27,28). The maximum atomic E-state index is 10.5. The highest BCUT2D eigenvalue weighted by atomic mass is 16.5. The van der Waals surface area contributed by atoms with Gasteiger partial charge >= 0.3 is 12.0 Å². The molecule has 0 saturated carbocycles. The predicted molar refractivity (Wildman–Crippen MR) is 116 cm³/mol. The van der Waals surface area contributed by atoms with Crippen molar-refractivity contribution in [3.63, 3.8) is 0 Å². The number of imidazole rings is 1. The summed E-state index contributed by atoms with van der Waals surface area (Å²) in [6.07, 6.45) is 6.67. The summed E-state index contributed by atoms with van der Waals surface area (Å²) in [5.41, 5.74) is 2.92. The molecule has 158 valence electrons. The number of carboxylic acid groups (broad SMARTS) is 1. The lowest BCUT2D eigenvalue weighted by Crippen LogP contribution is -2.05. The number of methoxy groups -OCH3 is 1. The second-order valence-corrected chi connectivity index (χ2v) is 7.09. The molecule has 0 fully saturated rings. The lowest BCUT2D eigenvalue weighted by molar-refractivity contribution is -0.137. The Morgan fingerprint density at radius 2 is 1.77 bits per heavy atom. The number of benzene rings is 2. The Kier molecular flexibility index (Phi) is 7.89. The molecule has 0 radical (unpaired) electrons. The molecular weight excluding hydrogens is 380 g/mol. The molecule has 3 rings (SSSR count). The minimum Gasteiger partial charge on any atom is -0.497 e. The molecule has 1 heterocycles. The third-order valence-corrected chi connectivity index (χ3v) is 4.88. The first kappa shape index (κ1) is 21.4. The summed E-state index contributed by atoms with van der Waals surface area (Å²) in [6, 6.07) is 18.5. The van der Waals surface area contributed by atoms with Gasteiger partial charge < -0.3 is 14.6 Å². The van der Waals surface area contributed by atoms with E-state index >= 15 is 0 Å². The third-order valence-electron chi connectivity index (χ3n) is 4.88. The summed E-state index contributed by atoms with van der Waals surface area (Å²) >= 11 is 0. The van der Waals surface area contributed by atoms with Crippen LogP contribution in [0, 0.1) is 0 Å². The van der Waals surface area contributed by atoms with E-state index in [9.17, 15) is 4.79 Å². The summed E-state index contributed by atoms with van der Waals surface area (Å²) in [7, 11) is 1.66. The maximum absolute atomic E-state index is 10.5. The zero-order chi connectivity index (χ0) is 21.2. The van der Waals surface area contributed by atoms with Gasteiger partial charge in [0.1, 0.15) is 5.75 Å². The second kappa shape index (κ2) is 11.0. The number of hydrogen-bond acceptors (Lipinski definition) is 4. The number of unbranched alkanes of at least 4 members (excludes halogenated alkanes) is 4. The highest BCUT2D eigenvalue weighted by molar-refractivity contribution is 5.66. The van der Waals surface area contributed by atoms with Crippen LogP contribution in [0.1, 0.15) is 38.5 Å². The minimum atomic E-state index is -0.724. The van der Waals surface area contributed by atoms with Crippen LogP contribution in [0.5, 0.6) is 11.8 Å². The van der Waals surface area contributed by atoms with Crippen molar-refractivity contribution in [3.8, 4) is 28.7 Å². The number of aliphatic carboxylic acids is 1. The van der Waals surface area contributed by atoms with Crippen LogP contribution in [-0.4, -0.2) is 34.3 Å². The Labute approximate surface area is 177 Å². The van der Waals surface area contributed by atoms with Crippen LogP contribution < -0.4 is 9.47 Å². The molecular formula is C24H28N2O4. The smallest absolute Gasteiger partial charge is 0.303 e. The van der Waals surface area contributed by atoms with E-state index in [0.717, 1.165) is 54.8 Å². The molecule has 3 aromatic rings. The van der Waals surface area contributed by atoms with E-state index in [1.165, 1.54) is 0 Å². The van der Waals surface area contributed by atoms with Crippen molar-refractivity contribution in [2.24, 2.45) is 0 Å². The summed E-state index contributed by atoms with van der Waals surface area (Å²) in [6.45, 7) is 0.570. The van der Waals surface area contributed by atoms with Gasteiger partial charge in [0.15, 0.2) is 0 Å². The van der Waals surface area contributed by atoms with Crippen LogP contribution in [0.15, 0.2) is 60.8 Å². The van der Waals surface area contributed by atoms with Crippen molar-refractivity contribution in [2.75, 3.05) is 13.7 Å². The first-order chi connectivity index (χ1) is 14.7. The largest absolute Gasteiger partial charge is 0.497 e. The van der Waals surface area contributed by atoms with Crippen molar-refractivity contribution in [1.29, 1.82) is 0 Å². The van der Waals surface area contributed by atoms with Crippen molar-refractivity contribution in [2.45, 2.75) is 38.5 Å². The van der Waals surface area contributed by atoms with Gasteiger partial charge in [-0.25, -0.2) is 4.98 Å². The molecule has 0 saturated heterocycles. The lowest BCUT2D eigenvalue weighted by atomic mass is 10.1. The van der Waals surface area contributed by atoms with Crippen molar-refractivity contribution >= 4 is 5.97 Å². The first-order valence-corrected chi connectivity index (χ1v) is 10.3. The van der Waals surface area contributed by atoms with Crippen LogP contribution in [0.25, 0.3) is 16.9 Å². The van der Waals surface area contributed by atoms with Gasteiger partial charge in [-0.1, -0.05) is 49.6 Å². The molecule has 2 aromatic carbocycles. The van der Waals surface area contributed by atoms with Gasteiger partial charge in [0.25, 0.3) is 0 Å². The molecule has 1 N–H and O–H groups in total. The fourth-order valence-electron chi connectivity index (χ4n) is 3.32. The number of carbonyl (C=O) groups is 1. The highest BCUT2D eigenvalue weighted by Crippen LogP contribution is 2.30. The molecule has 0 aliphatic heterocycles.